The fraction of sp³-hybridized carbons (Fsp3) is 0.385. The third-order valence-electron chi connectivity index (χ3n) is 2.26. The average Bonchev–Trinajstić information content (AvgIpc) is 2.32. The summed E-state index contributed by atoms with van der Waals surface area (Å²) in [6.45, 7) is 4.25. The van der Waals surface area contributed by atoms with Crippen molar-refractivity contribution in [3.05, 3.63) is 35.1 Å². The Morgan fingerprint density at radius 3 is 2.14 bits per heavy atom. The Morgan fingerprint density at radius 1 is 1.18 bits per heavy atom. The van der Waals surface area contributed by atoms with Crippen molar-refractivity contribution in [1.29, 1.82) is 0 Å². The Hall–Kier alpha value is -2.16. The van der Waals surface area contributed by atoms with Crippen molar-refractivity contribution in [3.63, 3.8) is 0 Å². The highest BCUT2D eigenvalue weighted by Gasteiger charge is 2.38. The van der Waals surface area contributed by atoms with Gasteiger partial charge in [-0.05, 0) is 32.9 Å². The van der Waals surface area contributed by atoms with E-state index in [1.165, 1.54) is 20.8 Å². The zero-order valence-electron chi connectivity index (χ0n) is 11.9. The molecule has 1 N–H and O–H groups in total. The van der Waals surface area contributed by atoms with Gasteiger partial charge in [-0.3, -0.25) is 9.63 Å². The van der Waals surface area contributed by atoms with Gasteiger partial charge < -0.3 is 5.11 Å². The molecule has 0 aliphatic rings. The number of hydrogen-bond donors (Lipinski definition) is 1. The molecule has 0 atom stereocenters. The lowest BCUT2D eigenvalue weighted by Crippen LogP contribution is -2.42. The lowest BCUT2D eigenvalue weighted by atomic mass is 10.1. The first-order valence-corrected chi connectivity index (χ1v) is 5.97. The van der Waals surface area contributed by atoms with Crippen molar-refractivity contribution in [2.45, 2.75) is 32.5 Å². The third-order valence-corrected chi connectivity index (χ3v) is 2.26. The van der Waals surface area contributed by atoms with E-state index in [2.05, 4.69) is 0 Å². The second-order valence-corrected chi connectivity index (χ2v) is 5.25. The molecule has 122 valence electrons. The van der Waals surface area contributed by atoms with Crippen LogP contribution in [0.25, 0.3) is 0 Å². The molecule has 0 fully saturated rings. The van der Waals surface area contributed by atoms with Crippen molar-refractivity contribution >= 4 is 12.0 Å². The van der Waals surface area contributed by atoms with Crippen LogP contribution in [-0.2, 0) is 11.0 Å². The summed E-state index contributed by atoms with van der Waals surface area (Å²) in [7, 11) is 0. The molecular weight excluding hydrogens is 310 g/mol. The van der Waals surface area contributed by atoms with Crippen molar-refractivity contribution in [2.75, 3.05) is 0 Å². The predicted octanol–water partition coefficient (Wildman–Crippen LogP) is 3.69. The number of carboxylic acid groups (broad SMARTS) is 1. The minimum Gasteiger partial charge on any atom is -0.463 e. The Kier molecular flexibility index (Phi) is 4.81. The van der Waals surface area contributed by atoms with Crippen LogP contribution in [0.5, 0.6) is 0 Å². The van der Waals surface area contributed by atoms with Crippen LogP contribution in [0.4, 0.5) is 22.4 Å². The molecule has 0 spiro atoms. The molecule has 0 heterocycles. The zero-order valence-corrected chi connectivity index (χ0v) is 11.9. The predicted molar refractivity (Wildman–Crippen MR) is 66.4 cm³/mol. The number of imide groups is 1. The largest absolute Gasteiger partial charge is 0.463 e. The Bertz CT molecular complexity index is 593. The van der Waals surface area contributed by atoms with E-state index in [9.17, 15) is 27.2 Å². The summed E-state index contributed by atoms with van der Waals surface area (Å²) in [5, 5.41) is 8.73. The lowest BCUT2D eigenvalue weighted by Gasteiger charge is -2.26. The quantitative estimate of drug-likeness (QED) is 0.666. The number of carbonyl (C=O) groups excluding carboxylic acids is 1. The van der Waals surface area contributed by atoms with E-state index in [1.54, 1.807) is 0 Å². The van der Waals surface area contributed by atoms with Crippen LogP contribution in [0, 0.1) is 5.82 Å². The molecule has 1 aromatic rings. The molecule has 0 aliphatic carbocycles. The van der Waals surface area contributed by atoms with Gasteiger partial charge in [-0.1, -0.05) is 6.07 Å². The first kappa shape index (κ1) is 17.9. The Morgan fingerprint density at radius 2 is 1.73 bits per heavy atom. The molecule has 0 radical (unpaired) electrons. The molecule has 1 aromatic carbocycles. The highest BCUT2D eigenvalue weighted by Crippen LogP contribution is 2.32. The summed E-state index contributed by atoms with van der Waals surface area (Å²) in [4.78, 5) is 27.8. The monoisotopic (exact) mass is 323 g/mol. The van der Waals surface area contributed by atoms with Crippen molar-refractivity contribution in [3.8, 4) is 0 Å². The zero-order chi connectivity index (χ0) is 17.3. The van der Waals surface area contributed by atoms with Gasteiger partial charge in [0.25, 0.3) is 5.91 Å². The maximum absolute atomic E-state index is 13.9. The standard InChI is InChI=1S/C13H13F4NO4/c1-12(2,3)22-18(11(20)21)10(19)7-5-4-6-8(9(7)14)13(15,16)17/h4-6H,1-3H3,(H,20,21). The highest BCUT2D eigenvalue weighted by molar-refractivity contribution is 6.01. The number of benzene rings is 1. The lowest BCUT2D eigenvalue weighted by molar-refractivity contribution is -0.173. The van der Waals surface area contributed by atoms with E-state index in [0.29, 0.717) is 6.07 Å². The number of halogens is 4. The third kappa shape index (κ3) is 4.17. The number of hydrogen-bond acceptors (Lipinski definition) is 3. The molecule has 0 saturated heterocycles. The Labute approximate surface area is 123 Å². The molecule has 1 rings (SSSR count). The summed E-state index contributed by atoms with van der Waals surface area (Å²) in [5.74, 6) is -3.41. The van der Waals surface area contributed by atoms with Gasteiger partial charge in [-0.2, -0.15) is 13.2 Å². The van der Waals surface area contributed by atoms with Gasteiger partial charge >= 0.3 is 12.3 Å². The maximum atomic E-state index is 13.9. The van der Waals surface area contributed by atoms with Gasteiger partial charge in [0.15, 0.2) is 0 Å². The molecule has 9 heteroatoms. The maximum Gasteiger partial charge on any atom is 0.439 e. The average molecular weight is 323 g/mol. The molecule has 0 bridgehead atoms. The SMILES string of the molecule is CC(C)(C)ON(C(=O)O)C(=O)c1cccc(C(F)(F)F)c1F. The summed E-state index contributed by atoms with van der Waals surface area (Å²) < 4.78 is 51.7. The van der Waals surface area contributed by atoms with Crippen LogP contribution < -0.4 is 0 Å². The molecule has 2 amide bonds. The van der Waals surface area contributed by atoms with Crippen molar-refractivity contribution < 1.29 is 37.1 Å². The second kappa shape index (κ2) is 5.91. The van der Waals surface area contributed by atoms with Gasteiger partial charge in [0, 0.05) is 0 Å². The normalized spacial score (nSPS) is 12.1. The number of amides is 2. The fourth-order valence-corrected chi connectivity index (χ4v) is 1.47. The number of alkyl halides is 3. The minimum absolute atomic E-state index is 0.196. The molecular formula is C13H13F4NO4. The van der Waals surface area contributed by atoms with Crippen LogP contribution in [-0.4, -0.2) is 27.8 Å². The van der Waals surface area contributed by atoms with Crippen molar-refractivity contribution in [1.82, 2.24) is 5.06 Å². The van der Waals surface area contributed by atoms with Gasteiger partial charge in [0.05, 0.1) is 16.7 Å². The molecule has 0 saturated carbocycles. The summed E-state index contributed by atoms with van der Waals surface area (Å²) in [6, 6.07) is 1.99. The van der Waals surface area contributed by atoms with Crippen LogP contribution in [0.15, 0.2) is 18.2 Å². The molecule has 0 aromatic heterocycles. The number of rotatable bonds is 2. The minimum atomic E-state index is -5.01. The van der Waals surface area contributed by atoms with E-state index in [-0.39, 0.29) is 5.06 Å². The van der Waals surface area contributed by atoms with Crippen LogP contribution >= 0.6 is 0 Å². The van der Waals surface area contributed by atoms with Crippen LogP contribution in [0.1, 0.15) is 36.7 Å². The number of hydroxylamine groups is 2. The van der Waals surface area contributed by atoms with E-state index >= 15 is 0 Å². The second-order valence-electron chi connectivity index (χ2n) is 5.25. The van der Waals surface area contributed by atoms with E-state index in [0.717, 1.165) is 12.1 Å². The summed E-state index contributed by atoms with van der Waals surface area (Å²) in [5.41, 5.74) is -3.85. The summed E-state index contributed by atoms with van der Waals surface area (Å²) in [6.07, 6.45) is -6.89. The molecule has 5 nitrogen and oxygen atoms in total. The van der Waals surface area contributed by atoms with Gasteiger partial charge in [0.2, 0.25) is 0 Å². The highest BCUT2D eigenvalue weighted by atomic mass is 19.4. The van der Waals surface area contributed by atoms with Gasteiger partial charge in [-0.15, -0.1) is 5.06 Å². The Balaban J connectivity index is 3.29. The number of nitrogens with zero attached hydrogens (tertiary/aromatic N) is 1. The first-order valence-electron chi connectivity index (χ1n) is 5.97. The van der Waals surface area contributed by atoms with Crippen molar-refractivity contribution in [2.24, 2.45) is 0 Å². The summed E-state index contributed by atoms with van der Waals surface area (Å²) >= 11 is 0. The van der Waals surface area contributed by atoms with Crippen LogP contribution in [0.2, 0.25) is 0 Å². The molecule has 22 heavy (non-hydrogen) atoms. The number of carbonyl (C=O) groups is 2. The van der Waals surface area contributed by atoms with Crippen LogP contribution in [0.3, 0.4) is 0 Å². The smallest absolute Gasteiger partial charge is 0.439 e. The first-order chi connectivity index (χ1) is 9.84. The van der Waals surface area contributed by atoms with Gasteiger partial charge in [0.1, 0.15) is 5.82 Å². The fourth-order valence-electron chi connectivity index (χ4n) is 1.47. The van der Waals surface area contributed by atoms with Gasteiger partial charge in [-0.25, -0.2) is 9.18 Å². The van der Waals surface area contributed by atoms with E-state index in [4.69, 9.17) is 9.94 Å². The molecule has 0 unspecified atom stereocenters. The topological polar surface area (TPSA) is 66.8 Å². The molecule has 0 aliphatic heterocycles. The van der Waals surface area contributed by atoms with E-state index < -0.39 is 40.7 Å². The van der Waals surface area contributed by atoms with E-state index in [1.807, 2.05) is 0 Å².